The summed E-state index contributed by atoms with van der Waals surface area (Å²) in [5.74, 6) is 0.812. The van der Waals surface area contributed by atoms with Crippen molar-refractivity contribution in [1.82, 2.24) is 14.6 Å². The van der Waals surface area contributed by atoms with Gasteiger partial charge in [-0.25, -0.2) is 9.50 Å². The van der Waals surface area contributed by atoms with Gasteiger partial charge in [-0.1, -0.05) is 0 Å². The van der Waals surface area contributed by atoms with Crippen molar-refractivity contribution in [1.29, 1.82) is 0 Å². The average Bonchev–Trinajstić information content (AvgIpc) is 2.82. The first-order valence-corrected chi connectivity index (χ1v) is 6.50. The zero-order valence-corrected chi connectivity index (χ0v) is 11.4. The highest BCUT2D eigenvalue weighted by atomic mass is 16.5. The van der Waals surface area contributed by atoms with Crippen LogP contribution in [0.4, 0.5) is 0 Å². The van der Waals surface area contributed by atoms with E-state index in [0.717, 1.165) is 16.9 Å². The van der Waals surface area contributed by atoms with Crippen LogP contribution in [0, 0.1) is 6.92 Å². The predicted octanol–water partition coefficient (Wildman–Crippen LogP) is 2.40. The Bertz CT molecular complexity index is 800. The number of rotatable bonds is 3. The van der Waals surface area contributed by atoms with Crippen molar-refractivity contribution in [3.8, 4) is 17.0 Å². The number of benzene rings is 1. The van der Waals surface area contributed by atoms with Gasteiger partial charge in [0.25, 0.3) is 5.56 Å². The van der Waals surface area contributed by atoms with Gasteiger partial charge in [0.2, 0.25) is 0 Å². The molecule has 0 fully saturated rings. The van der Waals surface area contributed by atoms with E-state index in [0.29, 0.717) is 17.9 Å². The number of hydrogen-bond acceptors (Lipinski definition) is 3. The fourth-order valence-electron chi connectivity index (χ4n) is 2.13. The van der Waals surface area contributed by atoms with Gasteiger partial charge in [0, 0.05) is 23.4 Å². The smallest absolute Gasteiger partial charge is 0.273 e. The zero-order chi connectivity index (χ0) is 14.1. The van der Waals surface area contributed by atoms with Crippen LogP contribution in [0.1, 0.15) is 12.5 Å². The first-order chi connectivity index (χ1) is 9.69. The van der Waals surface area contributed by atoms with Gasteiger partial charge in [-0.15, -0.1) is 0 Å². The molecule has 102 valence electrons. The van der Waals surface area contributed by atoms with Crippen molar-refractivity contribution in [2.45, 2.75) is 13.8 Å². The van der Waals surface area contributed by atoms with Crippen LogP contribution in [0.25, 0.3) is 16.9 Å². The molecule has 0 unspecified atom stereocenters. The quantitative estimate of drug-likeness (QED) is 0.794. The lowest BCUT2D eigenvalue weighted by molar-refractivity contribution is 0.340. The molecule has 0 radical (unpaired) electrons. The zero-order valence-electron chi connectivity index (χ0n) is 11.4. The molecule has 0 aliphatic rings. The van der Waals surface area contributed by atoms with Crippen molar-refractivity contribution in [2.75, 3.05) is 6.61 Å². The van der Waals surface area contributed by atoms with E-state index in [2.05, 4.69) is 10.1 Å². The molecule has 0 aliphatic carbocycles. The second-order valence-electron chi connectivity index (χ2n) is 4.55. The molecule has 0 atom stereocenters. The highest BCUT2D eigenvalue weighted by molar-refractivity contribution is 5.63. The first kappa shape index (κ1) is 12.5. The molecule has 2 aromatic heterocycles. The number of ether oxygens (including phenoxy) is 1. The van der Waals surface area contributed by atoms with Crippen LogP contribution >= 0.6 is 0 Å². The summed E-state index contributed by atoms with van der Waals surface area (Å²) in [6.45, 7) is 4.49. The number of fused-ring (bicyclic) bond motifs is 1. The largest absolute Gasteiger partial charge is 0.494 e. The van der Waals surface area contributed by atoms with Gasteiger partial charge in [0.15, 0.2) is 5.65 Å². The van der Waals surface area contributed by atoms with Gasteiger partial charge in [-0.2, -0.15) is 0 Å². The number of nitrogens with one attached hydrogen (secondary N) is 1. The normalized spacial score (nSPS) is 10.9. The first-order valence-electron chi connectivity index (χ1n) is 6.50. The number of H-pyrrole nitrogens is 1. The SMILES string of the molecule is CCOc1ccc(-c2cc(=O)n3[nH]cc(C)c3n2)cc1. The van der Waals surface area contributed by atoms with Crippen LogP contribution in [-0.2, 0) is 0 Å². The summed E-state index contributed by atoms with van der Waals surface area (Å²) in [5, 5.41) is 2.88. The second-order valence-corrected chi connectivity index (χ2v) is 4.55. The topological polar surface area (TPSA) is 59.4 Å². The molecule has 0 spiro atoms. The lowest BCUT2D eigenvalue weighted by Crippen LogP contribution is -2.14. The summed E-state index contributed by atoms with van der Waals surface area (Å²) in [5.41, 5.74) is 3.04. The minimum absolute atomic E-state index is 0.119. The molecule has 20 heavy (non-hydrogen) atoms. The monoisotopic (exact) mass is 269 g/mol. The average molecular weight is 269 g/mol. The van der Waals surface area contributed by atoms with Crippen LogP contribution in [0.15, 0.2) is 41.3 Å². The summed E-state index contributed by atoms with van der Waals surface area (Å²) < 4.78 is 6.84. The summed E-state index contributed by atoms with van der Waals surface area (Å²) in [4.78, 5) is 16.6. The Hall–Kier alpha value is -2.56. The Kier molecular flexibility index (Phi) is 3.02. The van der Waals surface area contributed by atoms with E-state index in [-0.39, 0.29) is 5.56 Å². The van der Waals surface area contributed by atoms with Crippen molar-refractivity contribution < 1.29 is 4.74 Å². The molecule has 5 heteroatoms. The third kappa shape index (κ3) is 2.07. The predicted molar refractivity (Wildman–Crippen MR) is 77.2 cm³/mol. The number of aromatic amines is 1. The van der Waals surface area contributed by atoms with Crippen LogP contribution in [-0.4, -0.2) is 21.2 Å². The molecule has 5 nitrogen and oxygen atoms in total. The molecule has 3 aromatic rings. The van der Waals surface area contributed by atoms with Crippen LogP contribution < -0.4 is 10.3 Å². The molecule has 0 bridgehead atoms. The van der Waals surface area contributed by atoms with E-state index in [1.165, 1.54) is 10.6 Å². The molecular formula is C15H15N3O2. The summed E-state index contributed by atoms with van der Waals surface area (Å²) in [7, 11) is 0. The summed E-state index contributed by atoms with van der Waals surface area (Å²) in [6.07, 6.45) is 1.77. The Morgan fingerprint density at radius 3 is 2.75 bits per heavy atom. The number of hydrogen-bond donors (Lipinski definition) is 1. The lowest BCUT2D eigenvalue weighted by atomic mass is 10.1. The van der Waals surface area contributed by atoms with E-state index < -0.39 is 0 Å². The van der Waals surface area contributed by atoms with Crippen molar-refractivity contribution in [3.05, 3.63) is 52.4 Å². The second kappa shape index (κ2) is 4.85. The van der Waals surface area contributed by atoms with E-state index in [4.69, 9.17) is 4.74 Å². The number of aryl methyl sites for hydroxylation is 1. The van der Waals surface area contributed by atoms with Crippen LogP contribution in [0.2, 0.25) is 0 Å². The lowest BCUT2D eigenvalue weighted by Gasteiger charge is -2.05. The molecule has 0 amide bonds. The fraction of sp³-hybridized carbons (Fsp3) is 0.200. The highest BCUT2D eigenvalue weighted by Gasteiger charge is 2.07. The number of nitrogens with zero attached hydrogens (tertiary/aromatic N) is 2. The molecule has 2 heterocycles. The Labute approximate surface area is 115 Å². The van der Waals surface area contributed by atoms with E-state index in [9.17, 15) is 4.79 Å². The molecule has 1 aromatic carbocycles. The maximum atomic E-state index is 12.0. The van der Waals surface area contributed by atoms with Crippen LogP contribution in [0.3, 0.4) is 0 Å². The Balaban J connectivity index is 2.09. The minimum atomic E-state index is -0.119. The van der Waals surface area contributed by atoms with Crippen molar-refractivity contribution in [3.63, 3.8) is 0 Å². The van der Waals surface area contributed by atoms with Gasteiger partial charge < -0.3 is 4.74 Å². The van der Waals surface area contributed by atoms with Gasteiger partial charge in [-0.3, -0.25) is 9.89 Å². The maximum absolute atomic E-state index is 12.0. The fourth-order valence-corrected chi connectivity index (χ4v) is 2.13. The van der Waals surface area contributed by atoms with Crippen LogP contribution in [0.5, 0.6) is 5.75 Å². The Morgan fingerprint density at radius 1 is 1.30 bits per heavy atom. The van der Waals surface area contributed by atoms with Gasteiger partial charge in [-0.05, 0) is 38.1 Å². The maximum Gasteiger partial charge on any atom is 0.273 e. The van der Waals surface area contributed by atoms with E-state index in [1.54, 1.807) is 6.20 Å². The minimum Gasteiger partial charge on any atom is -0.494 e. The highest BCUT2D eigenvalue weighted by Crippen LogP contribution is 2.20. The third-order valence-corrected chi connectivity index (χ3v) is 3.14. The molecule has 0 saturated heterocycles. The van der Waals surface area contributed by atoms with Gasteiger partial charge in [0.05, 0.1) is 12.3 Å². The van der Waals surface area contributed by atoms with Crippen molar-refractivity contribution >= 4 is 5.65 Å². The third-order valence-electron chi connectivity index (χ3n) is 3.14. The van der Waals surface area contributed by atoms with E-state index in [1.807, 2.05) is 38.1 Å². The standard InChI is InChI=1S/C15H15N3O2/c1-3-20-12-6-4-11(5-7-12)13-8-14(19)18-15(17-13)10(2)9-16-18/h4-9,16H,3H2,1-2H3. The summed E-state index contributed by atoms with van der Waals surface area (Å²) in [6, 6.07) is 9.10. The number of aromatic nitrogens is 3. The van der Waals surface area contributed by atoms with Gasteiger partial charge in [0.1, 0.15) is 5.75 Å². The summed E-state index contributed by atoms with van der Waals surface area (Å²) >= 11 is 0. The molecule has 1 N–H and O–H groups in total. The molecular weight excluding hydrogens is 254 g/mol. The van der Waals surface area contributed by atoms with Gasteiger partial charge >= 0.3 is 0 Å². The molecule has 0 saturated carbocycles. The Morgan fingerprint density at radius 2 is 2.05 bits per heavy atom. The van der Waals surface area contributed by atoms with Crippen molar-refractivity contribution in [2.24, 2.45) is 0 Å². The molecule has 0 aliphatic heterocycles. The van der Waals surface area contributed by atoms with E-state index >= 15 is 0 Å². The molecule has 3 rings (SSSR count).